The number of imide groups is 1. The maximum absolute atomic E-state index is 13.7. The molecule has 2 aromatic rings. The van der Waals surface area contributed by atoms with Gasteiger partial charge in [0.1, 0.15) is 11.9 Å². The van der Waals surface area contributed by atoms with E-state index in [0.29, 0.717) is 5.69 Å². The van der Waals surface area contributed by atoms with Gasteiger partial charge in [0.15, 0.2) is 0 Å². The van der Waals surface area contributed by atoms with Crippen LogP contribution < -0.4 is 10.2 Å². The Bertz CT molecular complexity index is 788. The highest BCUT2D eigenvalue weighted by Crippen LogP contribution is 2.27. The van der Waals surface area contributed by atoms with Gasteiger partial charge in [-0.2, -0.15) is 0 Å². The molecule has 2 aromatic carbocycles. The van der Waals surface area contributed by atoms with Gasteiger partial charge in [0, 0.05) is 0 Å². The average molecular weight is 312 g/mol. The van der Waals surface area contributed by atoms with Crippen molar-refractivity contribution in [1.29, 1.82) is 0 Å². The van der Waals surface area contributed by atoms with Gasteiger partial charge in [-0.05, 0) is 49.2 Å². The summed E-state index contributed by atoms with van der Waals surface area (Å²) in [5.74, 6) is -1.09. The van der Waals surface area contributed by atoms with Crippen molar-refractivity contribution in [3.05, 3.63) is 59.4 Å². The van der Waals surface area contributed by atoms with Crippen LogP contribution in [0.4, 0.5) is 15.8 Å². The lowest BCUT2D eigenvalue weighted by atomic mass is 10.1. The second-order valence-corrected chi connectivity index (χ2v) is 5.72. The second-order valence-electron chi connectivity index (χ2n) is 5.72. The van der Waals surface area contributed by atoms with Crippen molar-refractivity contribution < 1.29 is 14.0 Å². The first-order valence-electron chi connectivity index (χ1n) is 7.42. The monoisotopic (exact) mass is 312 g/mol. The van der Waals surface area contributed by atoms with Gasteiger partial charge < -0.3 is 5.32 Å². The average Bonchev–Trinajstić information content (AvgIpc) is 2.79. The third-order valence-electron chi connectivity index (χ3n) is 4.10. The number of rotatable bonds is 3. The summed E-state index contributed by atoms with van der Waals surface area (Å²) < 4.78 is 13.7. The van der Waals surface area contributed by atoms with Crippen molar-refractivity contribution in [1.82, 2.24) is 0 Å². The number of hydrogen-bond donors (Lipinski definition) is 1. The highest BCUT2D eigenvalue weighted by Gasteiger charge is 2.39. The van der Waals surface area contributed by atoms with E-state index in [1.807, 2.05) is 26.0 Å². The standard InChI is InChI=1S/C18H17FN2O2/c1-11-7-8-13(9-12(11)2)21-17(22)10-16(18(21)23)20-15-6-4-3-5-14(15)19/h3-9,16,20H,10H2,1-2H3/t16-/m1/s1. The van der Waals surface area contributed by atoms with Gasteiger partial charge in [-0.25, -0.2) is 9.29 Å². The van der Waals surface area contributed by atoms with Crippen LogP contribution in [0.1, 0.15) is 17.5 Å². The molecule has 0 saturated carbocycles. The molecule has 1 fully saturated rings. The molecule has 0 bridgehead atoms. The number of anilines is 2. The number of hydrogen-bond acceptors (Lipinski definition) is 3. The fourth-order valence-electron chi connectivity index (χ4n) is 2.65. The third kappa shape index (κ3) is 2.82. The Hall–Kier alpha value is -2.69. The number of para-hydroxylation sites is 1. The van der Waals surface area contributed by atoms with E-state index in [-0.39, 0.29) is 23.9 Å². The molecule has 0 aliphatic carbocycles. The van der Waals surface area contributed by atoms with Gasteiger partial charge >= 0.3 is 0 Å². The quantitative estimate of drug-likeness (QED) is 0.886. The molecule has 0 spiro atoms. The van der Waals surface area contributed by atoms with Crippen LogP contribution in [0.15, 0.2) is 42.5 Å². The van der Waals surface area contributed by atoms with E-state index in [9.17, 15) is 14.0 Å². The van der Waals surface area contributed by atoms with Gasteiger partial charge in [0.25, 0.3) is 5.91 Å². The van der Waals surface area contributed by atoms with Crippen molar-refractivity contribution in [2.75, 3.05) is 10.2 Å². The van der Waals surface area contributed by atoms with E-state index >= 15 is 0 Å². The minimum Gasteiger partial charge on any atom is -0.371 e. The third-order valence-corrected chi connectivity index (χ3v) is 4.10. The highest BCUT2D eigenvalue weighted by molar-refractivity contribution is 6.23. The van der Waals surface area contributed by atoms with Crippen LogP contribution in [0.2, 0.25) is 0 Å². The molecule has 4 nitrogen and oxygen atoms in total. The van der Waals surface area contributed by atoms with Crippen LogP contribution >= 0.6 is 0 Å². The van der Waals surface area contributed by atoms with Crippen molar-refractivity contribution in [3.63, 3.8) is 0 Å². The van der Waals surface area contributed by atoms with E-state index in [0.717, 1.165) is 11.1 Å². The normalized spacial score (nSPS) is 17.7. The lowest BCUT2D eigenvalue weighted by Gasteiger charge is -2.17. The first-order valence-corrected chi connectivity index (χ1v) is 7.42. The van der Waals surface area contributed by atoms with Crippen molar-refractivity contribution in [2.24, 2.45) is 0 Å². The zero-order valence-electron chi connectivity index (χ0n) is 13.0. The molecule has 1 heterocycles. The summed E-state index contributed by atoms with van der Waals surface area (Å²) in [6, 6.07) is 10.8. The summed E-state index contributed by atoms with van der Waals surface area (Å²) in [4.78, 5) is 26.0. The zero-order valence-corrected chi connectivity index (χ0v) is 13.0. The molecule has 5 heteroatoms. The van der Waals surface area contributed by atoms with E-state index in [4.69, 9.17) is 0 Å². The Morgan fingerprint density at radius 1 is 1.09 bits per heavy atom. The summed E-state index contributed by atoms with van der Waals surface area (Å²) in [7, 11) is 0. The SMILES string of the molecule is Cc1ccc(N2C(=O)C[C@@H](Nc3ccccc3F)C2=O)cc1C. The first kappa shape index (κ1) is 15.2. The molecular formula is C18H17FN2O2. The second kappa shape index (κ2) is 5.83. The van der Waals surface area contributed by atoms with Gasteiger partial charge in [0.05, 0.1) is 17.8 Å². The molecular weight excluding hydrogens is 295 g/mol. The van der Waals surface area contributed by atoms with Crippen LogP contribution in [-0.2, 0) is 9.59 Å². The summed E-state index contributed by atoms with van der Waals surface area (Å²) >= 11 is 0. The molecule has 1 atom stereocenters. The Morgan fingerprint density at radius 2 is 1.83 bits per heavy atom. The molecule has 1 aliphatic heterocycles. The Labute approximate surface area is 133 Å². The lowest BCUT2D eigenvalue weighted by molar-refractivity contribution is -0.121. The lowest BCUT2D eigenvalue weighted by Crippen LogP contribution is -2.35. The van der Waals surface area contributed by atoms with Crippen LogP contribution in [0, 0.1) is 19.7 Å². The first-order chi connectivity index (χ1) is 11.0. The van der Waals surface area contributed by atoms with E-state index < -0.39 is 11.9 Å². The summed E-state index contributed by atoms with van der Waals surface area (Å²) in [5, 5.41) is 2.83. The zero-order chi connectivity index (χ0) is 16.6. The minimum atomic E-state index is -0.749. The number of halogens is 1. The van der Waals surface area contributed by atoms with Crippen molar-refractivity contribution in [3.8, 4) is 0 Å². The minimum absolute atomic E-state index is 0.0140. The van der Waals surface area contributed by atoms with E-state index in [2.05, 4.69) is 5.32 Å². The Morgan fingerprint density at radius 3 is 2.52 bits per heavy atom. The molecule has 3 rings (SSSR count). The fourth-order valence-corrected chi connectivity index (χ4v) is 2.65. The molecule has 0 aromatic heterocycles. The molecule has 1 N–H and O–H groups in total. The Balaban J connectivity index is 1.85. The molecule has 0 radical (unpaired) electrons. The van der Waals surface area contributed by atoms with Crippen LogP contribution in [0.5, 0.6) is 0 Å². The number of carbonyl (C=O) groups excluding carboxylic acids is 2. The molecule has 0 unspecified atom stereocenters. The summed E-state index contributed by atoms with van der Waals surface area (Å²) in [5.41, 5.74) is 2.88. The van der Waals surface area contributed by atoms with Crippen LogP contribution in [-0.4, -0.2) is 17.9 Å². The number of nitrogens with one attached hydrogen (secondary N) is 1. The number of benzene rings is 2. The van der Waals surface area contributed by atoms with Gasteiger partial charge in [-0.15, -0.1) is 0 Å². The topological polar surface area (TPSA) is 49.4 Å². The number of aryl methyl sites for hydroxylation is 2. The smallest absolute Gasteiger partial charge is 0.256 e. The largest absolute Gasteiger partial charge is 0.371 e. The molecule has 118 valence electrons. The van der Waals surface area contributed by atoms with Gasteiger partial charge in [-0.1, -0.05) is 18.2 Å². The van der Waals surface area contributed by atoms with E-state index in [1.165, 1.54) is 11.0 Å². The summed E-state index contributed by atoms with van der Waals surface area (Å²) in [6.45, 7) is 3.90. The van der Waals surface area contributed by atoms with Gasteiger partial charge in [-0.3, -0.25) is 9.59 Å². The number of carbonyl (C=O) groups is 2. The predicted molar refractivity (Wildman–Crippen MR) is 86.8 cm³/mol. The highest BCUT2D eigenvalue weighted by atomic mass is 19.1. The summed E-state index contributed by atoms with van der Waals surface area (Å²) in [6.07, 6.45) is 0.0140. The molecule has 1 saturated heterocycles. The maximum atomic E-state index is 13.7. The molecule has 1 aliphatic rings. The van der Waals surface area contributed by atoms with Crippen LogP contribution in [0.3, 0.4) is 0 Å². The number of nitrogens with zero attached hydrogens (tertiary/aromatic N) is 1. The predicted octanol–water partition coefficient (Wildman–Crippen LogP) is 3.19. The molecule has 23 heavy (non-hydrogen) atoms. The van der Waals surface area contributed by atoms with Gasteiger partial charge in [0.2, 0.25) is 5.91 Å². The van der Waals surface area contributed by atoms with Crippen molar-refractivity contribution in [2.45, 2.75) is 26.3 Å². The fraction of sp³-hybridized carbons (Fsp3) is 0.222. The number of amides is 2. The van der Waals surface area contributed by atoms with Crippen molar-refractivity contribution >= 4 is 23.2 Å². The molecule has 2 amide bonds. The van der Waals surface area contributed by atoms with Crippen LogP contribution in [0.25, 0.3) is 0 Å². The maximum Gasteiger partial charge on any atom is 0.256 e. The van der Waals surface area contributed by atoms with E-state index in [1.54, 1.807) is 24.3 Å². The Kier molecular flexibility index (Phi) is 3.86.